The van der Waals surface area contributed by atoms with Crippen molar-refractivity contribution in [2.24, 2.45) is 7.05 Å². The minimum atomic E-state index is -3.37. The molecule has 0 radical (unpaired) electrons. The number of tetrazole rings is 1. The highest BCUT2D eigenvalue weighted by Gasteiger charge is 2.15. The quantitative estimate of drug-likeness (QED) is 0.573. The van der Waals surface area contributed by atoms with Crippen LogP contribution in [0.15, 0.2) is 16.2 Å². The van der Waals surface area contributed by atoms with Gasteiger partial charge in [0, 0.05) is 25.6 Å². The Kier molecular flexibility index (Phi) is 4.73. The Hall–Kier alpha value is -1.75. The molecule has 0 aliphatic heterocycles. The van der Waals surface area contributed by atoms with Gasteiger partial charge in [-0.15, -0.1) is 5.10 Å². The molecular weight excluding hydrogens is 314 g/mol. The third-order valence-electron chi connectivity index (χ3n) is 2.48. The predicted molar refractivity (Wildman–Crippen MR) is 77.9 cm³/mol. The Morgan fingerprint density at radius 1 is 1.43 bits per heavy atom. The third kappa shape index (κ3) is 4.11. The maximum Gasteiger partial charge on any atom is 0.209 e. The molecular formula is C10H15N7O2S2. The van der Waals surface area contributed by atoms with E-state index in [-0.39, 0.29) is 4.90 Å². The van der Waals surface area contributed by atoms with Gasteiger partial charge in [-0.1, -0.05) is 11.8 Å². The smallest absolute Gasteiger partial charge is 0.209 e. The molecule has 11 heteroatoms. The molecule has 2 heterocycles. The molecule has 9 nitrogen and oxygen atoms in total. The van der Waals surface area contributed by atoms with Gasteiger partial charge in [0.25, 0.3) is 0 Å². The van der Waals surface area contributed by atoms with Crippen LogP contribution in [0.2, 0.25) is 0 Å². The van der Waals surface area contributed by atoms with E-state index in [4.69, 9.17) is 0 Å². The number of nitrogens with one attached hydrogen (secondary N) is 1. The van der Waals surface area contributed by atoms with Crippen LogP contribution >= 0.6 is 11.8 Å². The molecule has 0 fully saturated rings. The van der Waals surface area contributed by atoms with Crippen LogP contribution in [0.5, 0.6) is 0 Å². The van der Waals surface area contributed by atoms with Crippen LogP contribution in [0.25, 0.3) is 0 Å². The van der Waals surface area contributed by atoms with E-state index in [1.165, 1.54) is 18.0 Å². The summed E-state index contributed by atoms with van der Waals surface area (Å²) in [5.74, 6) is 1.50. The van der Waals surface area contributed by atoms with Gasteiger partial charge in [-0.2, -0.15) is 0 Å². The first kappa shape index (κ1) is 15.6. The molecule has 21 heavy (non-hydrogen) atoms. The summed E-state index contributed by atoms with van der Waals surface area (Å²) in [6.45, 7) is 2.23. The Labute approximate surface area is 126 Å². The van der Waals surface area contributed by atoms with Crippen molar-refractivity contribution < 1.29 is 8.42 Å². The summed E-state index contributed by atoms with van der Waals surface area (Å²) in [5, 5.41) is 14.8. The molecule has 2 aromatic rings. The molecule has 2 rings (SSSR count). The summed E-state index contributed by atoms with van der Waals surface area (Å²) < 4.78 is 24.9. The van der Waals surface area contributed by atoms with Crippen molar-refractivity contribution >= 4 is 27.4 Å². The maximum absolute atomic E-state index is 11.7. The highest BCUT2D eigenvalue weighted by atomic mass is 32.2. The first-order chi connectivity index (χ1) is 9.88. The van der Waals surface area contributed by atoms with Gasteiger partial charge in [0.05, 0.1) is 6.20 Å². The lowest BCUT2D eigenvalue weighted by Crippen LogP contribution is -2.12. The van der Waals surface area contributed by atoms with Gasteiger partial charge in [-0.3, -0.25) is 0 Å². The number of thioether (sulfide) groups is 1. The summed E-state index contributed by atoms with van der Waals surface area (Å²) in [7, 11) is -1.61. The van der Waals surface area contributed by atoms with E-state index < -0.39 is 9.84 Å². The Bertz CT molecular complexity index is 729. The molecule has 0 aliphatic rings. The van der Waals surface area contributed by atoms with Crippen molar-refractivity contribution in [1.29, 1.82) is 0 Å². The van der Waals surface area contributed by atoms with Crippen molar-refractivity contribution in [1.82, 2.24) is 30.2 Å². The van der Waals surface area contributed by atoms with Crippen molar-refractivity contribution in [2.45, 2.75) is 17.0 Å². The van der Waals surface area contributed by atoms with Gasteiger partial charge in [-0.25, -0.2) is 23.1 Å². The molecule has 0 amide bonds. The number of anilines is 1. The Morgan fingerprint density at radius 3 is 2.81 bits per heavy atom. The maximum atomic E-state index is 11.7. The number of hydrogen-bond acceptors (Lipinski definition) is 9. The van der Waals surface area contributed by atoms with E-state index in [1.807, 2.05) is 0 Å². The van der Waals surface area contributed by atoms with E-state index in [0.717, 1.165) is 6.26 Å². The zero-order chi connectivity index (χ0) is 15.5. The molecule has 0 unspecified atom stereocenters. The lowest BCUT2D eigenvalue weighted by atomic mass is 10.5. The Balaban J connectivity index is 2.00. The molecule has 0 saturated carbocycles. The van der Waals surface area contributed by atoms with Crippen LogP contribution in [0, 0.1) is 6.92 Å². The summed E-state index contributed by atoms with van der Waals surface area (Å²) in [5.41, 5.74) is 0. The highest BCUT2D eigenvalue weighted by molar-refractivity contribution is 7.99. The predicted octanol–water partition coefficient (Wildman–Crippen LogP) is -0.0838. The largest absolute Gasteiger partial charge is 0.368 e. The average Bonchev–Trinajstić information content (AvgIpc) is 2.79. The molecule has 0 spiro atoms. The first-order valence-corrected chi connectivity index (χ1v) is 8.88. The van der Waals surface area contributed by atoms with E-state index in [0.29, 0.717) is 29.1 Å². The first-order valence-electron chi connectivity index (χ1n) is 6.00. The number of aromatic nitrogens is 6. The van der Waals surface area contributed by atoms with E-state index >= 15 is 0 Å². The molecule has 0 atom stereocenters. The second kappa shape index (κ2) is 6.35. The lowest BCUT2D eigenvalue weighted by molar-refractivity contribution is 0.601. The van der Waals surface area contributed by atoms with Crippen LogP contribution in [0.4, 0.5) is 5.82 Å². The van der Waals surface area contributed by atoms with Gasteiger partial charge in [0.15, 0.2) is 9.84 Å². The van der Waals surface area contributed by atoms with E-state index in [2.05, 4.69) is 30.8 Å². The van der Waals surface area contributed by atoms with Crippen molar-refractivity contribution in [2.75, 3.05) is 23.9 Å². The standard InChI is InChI=1S/C10H15N7O2S2/c1-7-12-6-8(21(3,18)19)9(13-7)11-4-5-20-10-14-15-16-17(10)2/h6H,4-5H2,1-3H3,(H,11,12,13). The van der Waals surface area contributed by atoms with Gasteiger partial charge >= 0.3 is 0 Å². The molecule has 2 aromatic heterocycles. The fourth-order valence-corrected chi connectivity index (χ4v) is 2.93. The van der Waals surface area contributed by atoms with Gasteiger partial charge in [-0.05, 0) is 17.4 Å². The summed E-state index contributed by atoms with van der Waals surface area (Å²) in [6, 6.07) is 0. The van der Waals surface area contributed by atoms with Gasteiger partial charge in [0.2, 0.25) is 5.16 Å². The normalized spacial score (nSPS) is 11.6. The van der Waals surface area contributed by atoms with Crippen LogP contribution in [0.3, 0.4) is 0 Å². The highest BCUT2D eigenvalue weighted by Crippen LogP contribution is 2.18. The number of sulfone groups is 1. The topological polar surface area (TPSA) is 116 Å². The molecule has 0 aliphatic carbocycles. The second-order valence-corrected chi connectivity index (χ2v) is 7.31. The number of rotatable bonds is 6. The van der Waals surface area contributed by atoms with Crippen molar-refractivity contribution in [3.05, 3.63) is 12.0 Å². The molecule has 114 valence electrons. The number of aryl methyl sites for hydroxylation is 2. The monoisotopic (exact) mass is 329 g/mol. The minimum Gasteiger partial charge on any atom is -0.368 e. The van der Waals surface area contributed by atoms with Gasteiger partial charge in [0.1, 0.15) is 16.5 Å². The lowest BCUT2D eigenvalue weighted by Gasteiger charge is -2.09. The summed E-state index contributed by atoms with van der Waals surface area (Å²) >= 11 is 1.46. The van der Waals surface area contributed by atoms with Crippen molar-refractivity contribution in [3.8, 4) is 0 Å². The van der Waals surface area contributed by atoms with E-state index in [1.54, 1.807) is 18.7 Å². The number of hydrogen-bond donors (Lipinski definition) is 1. The third-order valence-corrected chi connectivity index (χ3v) is 4.59. The molecule has 0 saturated heterocycles. The van der Waals surface area contributed by atoms with Gasteiger partial charge < -0.3 is 5.32 Å². The molecule has 0 bridgehead atoms. The van der Waals surface area contributed by atoms with Crippen molar-refractivity contribution in [3.63, 3.8) is 0 Å². The van der Waals surface area contributed by atoms with E-state index in [9.17, 15) is 8.42 Å². The molecule has 0 aromatic carbocycles. The average molecular weight is 329 g/mol. The SMILES string of the molecule is Cc1ncc(S(C)(=O)=O)c(NCCSc2nnnn2C)n1. The zero-order valence-corrected chi connectivity index (χ0v) is 13.4. The summed E-state index contributed by atoms with van der Waals surface area (Å²) in [6.07, 6.45) is 2.45. The van der Waals surface area contributed by atoms with Crippen LogP contribution in [-0.2, 0) is 16.9 Å². The fourth-order valence-electron chi connectivity index (χ4n) is 1.51. The Morgan fingerprint density at radius 2 is 2.19 bits per heavy atom. The van der Waals surface area contributed by atoms with Crippen LogP contribution in [-0.4, -0.2) is 57.1 Å². The van der Waals surface area contributed by atoms with Crippen LogP contribution in [0.1, 0.15) is 5.82 Å². The second-order valence-electron chi connectivity index (χ2n) is 4.26. The fraction of sp³-hybridized carbons (Fsp3) is 0.500. The zero-order valence-electron chi connectivity index (χ0n) is 11.8. The minimum absolute atomic E-state index is 0.0958. The van der Waals surface area contributed by atoms with Crippen LogP contribution < -0.4 is 5.32 Å². The summed E-state index contributed by atoms with van der Waals surface area (Å²) in [4.78, 5) is 8.15. The molecule has 1 N–H and O–H groups in total. The number of nitrogens with zero attached hydrogens (tertiary/aromatic N) is 6.